The Bertz CT molecular complexity index is 837. The van der Waals surface area contributed by atoms with Crippen LogP contribution in [0.3, 0.4) is 0 Å². The summed E-state index contributed by atoms with van der Waals surface area (Å²) in [5.74, 6) is -0.875. The minimum absolute atomic E-state index is 0.0586. The summed E-state index contributed by atoms with van der Waals surface area (Å²) in [7, 11) is -3.46. The zero-order valence-corrected chi connectivity index (χ0v) is 13.2. The Morgan fingerprint density at radius 1 is 1.26 bits per heavy atom. The Hall–Kier alpha value is -2.32. The summed E-state index contributed by atoms with van der Waals surface area (Å²) in [4.78, 5) is 19.2. The fraction of sp³-hybridized carbons (Fsp3) is 0.267. The highest BCUT2D eigenvalue weighted by atomic mass is 32.2. The van der Waals surface area contributed by atoms with Crippen molar-refractivity contribution in [1.29, 1.82) is 0 Å². The monoisotopic (exact) mass is 332 g/mol. The van der Waals surface area contributed by atoms with E-state index in [-0.39, 0.29) is 18.1 Å². The molecule has 1 aliphatic rings. The van der Waals surface area contributed by atoms with Gasteiger partial charge >= 0.3 is 0 Å². The first-order valence-electron chi connectivity index (χ1n) is 7.12. The maximum atomic E-state index is 12.6. The molecule has 0 saturated heterocycles. The van der Waals surface area contributed by atoms with Gasteiger partial charge in [0, 0.05) is 12.7 Å². The van der Waals surface area contributed by atoms with E-state index in [0.717, 1.165) is 11.1 Å². The summed E-state index contributed by atoms with van der Waals surface area (Å²) < 4.78 is 26.5. The van der Waals surface area contributed by atoms with E-state index in [1.807, 2.05) is 18.2 Å². The fourth-order valence-corrected chi connectivity index (χ4v) is 4.00. The Balaban J connectivity index is 1.83. The first-order chi connectivity index (χ1) is 11.0. The average Bonchev–Trinajstić information content (AvgIpc) is 2.54. The number of rotatable bonds is 4. The van der Waals surface area contributed by atoms with Crippen molar-refractivity contribution in [2.45, 2.75) is 18.7 Å². The van der Waals surface area contributed by atoms with Gasteiger partial charge in [0.2, 0.25) is 15.8 Å². The van der Waals surface area contributed by atoms with E-state index in [2.05, 4.69) is 9.97 Å². The number of carbonyl (C=O) groups is 1. The van der Waals surface area contributed by atoms with Crippen LogP contribution < -0.4 is 5.73 Å². The predicted octanol–water partition coefficient (Wildman–Crippen LogP) is 0.464. The number of benzene rings is 1. The predicted molar refractivity (Wildman–Crippen MR) is 83.7 cm³/mol. The molecule has 2 heterocycles. The van der Waals surface area contributed by atoms with Crippen molar-refractivity contribution in [3.8, 4) is 0 Å². The third-order valence-corrected chi connectivity index (χ3v) is 5.51. The first-order valence-corrected chi connectivity index (χ1v) is 8.73. The van der Waals surface area contributed by atoms with Crippen molar-refractivity contribution in [3.63, 3.8) is 0 Å². The number of fused-ring (bicyclic) bond motifs is 1. The Morgan fingerprint density at radius 3 is 2.70 bits per heavy atom. The minimum Gasteiger partial charge on any atom is -0.363 e. The number of hydrogen-bond acceptors (Lipinski definition) is 5. The molecular formula is C15H16N4O3S. The van der Waals surface area contributed by atoms with E-state index in [1.54, 1.807) is 18.3 Å². The quantitative estimate of drug-likeness (QED) is 0.875. The summed E-state index contributed by atoms with van der Waals surface area (Å²) in [6.45, 7) is 0.509. The summed E-state index contributed by atoms with van der Waals surface area (Å²) in [6.07, 6.45) is 2.06. The fourth-order valence-electron chi connectivity index (χ4n) is 2.51. The van der Waals surface area contributed by atoms with E-state index >= 15 is 0 Å². The van der Waals surface area contributed by atoms with Gasteiger partial charge in [0.25, 0.3) is 5.91 Å². The Labute approximate surface area is 134 Å². The summed E-state index contributed by atoms with van der Waals surface area (Å²) in [5, 5.41) is 0. The van der Waals surface area contributed by atoms with Crippen molar-refractivity contribution in [2.75, 3.05) is 6.54 Å². The number of nitrogens with zero attached hydrogens (tertiary/aromatic N) is 3. The van der Waals surface area contributed by atoms with Crippen molar-refractivity contribution in [3.05, 3.63) is 59.2 Å². The van der Waals surface area contributed by atoms with Gasteiger partial charge in [-0.1, -0.05) is 30.3 Å². The number of aromatic nitrogens is 2. The van der Waals surface area contributed by atoms with E-state index in [0.29, 0.717) is 18.7 Å². The van der Waals surface area contributed by atoms with Crippen LogP contribution in [-0.4, -0.2) is 35.1 Å². The van der Waals surface area contributed by atoms with Crippen molar-refractivity contribution in [2.24, 2.45) is 5.73 Å². The second-order valence-electron chi connectivity index (χ2n) is 5.36. The summed E-state index contributed by atoms with van der Waals surface area (Å²) in [6, 6.07) is 9.02. The lowest BCUT2D eigenvalue weighted by atomic mass is 10.1. The molecule has 1 aromatic carbocycles. The van der Waals surface area contributed by atoms with Gasteiger partial charge in [-0.3, -0.25) is 4.79 Å². The molecule has 0 radical (unpaired) electrons. The zero-order chi connectivity index (χ0) is 16.4. The van der Waals surface area contributed by atoms with Gasteiger partial charge in [0.05, 0.1) is 18.0 Å². The molecule has 0 aliphatic carbocycles. The molecule has 0 atom stereocenters. The molecule has 0 spiro atoms. The lowest BCUT2D eigenvalue weighted by Gasteiger charge is -2.27. The van der Waals surface area contributed by atoms with Crippen LogP contribution in [0.1, 0.15) is 27.4 Å². The molecule has 8 heteroatoms. The highest BCUT2D eigenvalue weighted by Crippen LogP contribution is 2.21. The maximum absolute atomic E-state index is 12.6. The van der Waals surface area contributed by atoms with Crippen LogP contribution in [0.2, 0.25) is 0 Å². The maximum Gasteiger partial charge on any atom is 0.286 e. The van der Waals surface area contributed by atoms with Gasteiger partial charge in [0.15, 0.2) is 0 Å². The van der Waals surface area contributed by atoms with E-state index in [9.17, 15) is 13.2 Å². The number of primary amides is 1. The van der Waals surface area contributed by atoms with Gasteiger partial charge < -0.3 is 5.73 Å². The molecule has 0 bridgehead atoms. The normalized spacial score (nSPS) is 15.1. The molecule has 0 unspecified atom stereocenters. The number of nitrogens with two attached hydrogens (primary N) is 1. The van der Waals surface area contributed by atoms with Gasteiger partial charge in [-0.15, -0.1) is 0 Å². The van der Waals surface area contributed by atoms with Gasteiger partial charge in [0.1, 0.15) is 0 Å². The van der Waals surface area contributed by atoms with Crippen LogP contribution in [0.4, 0.5) is 0 Å². The number of carbonyl (C=O) groups excluding carboxylic acids is 1. The summed E-state index contributed by atoms with van der Waals surface area (Å²) >= 11 is 0. The largest absolute Gasteiger partial charge is 0.363 e. The second-order valence-corrected chi connectivity index (χ2v) is 7.32. The molecule has 1 aliphatic heterocycles. The number of hydrogen-bond donors (Lipinski definition) is 1. The summed E-state index contributed by atoms with van der Waals surface area (Å²) in [5.41, 5.74) is 7.30. The van der Waals surface area contributed by atoms with Gasteiger partial charge in [-0.25, -0.2) is 18.4 Å². The molecule has 7 nitrogen and oxygen atoms in total. The molecule has 1 aromatic heterocycles. The molecule has 120 valence electrons. The average molecular weight is 332 g/mol. The van der Waals surface area contributed by atoms with Crippen LogP contribution in [0.25, 0.3) is 0 Å². The highest BCUT2D eigenvalue weighted by Gasteiger charge is 2.28. The van der Waals surface area contributed by atoms with Crippen LogP contribution in [0.5, 0.6) is 0 Å². The van der Waals surface area contributed by atoms with Crippen LogP contribution in [0, 0.1) is 0 Å². The molecule has 2 aromatic rings. The third kappa shape index (κ3) is 3.38. The zero-order valence-electron chi connectivity index (χ0n) is 12.3. The van der Waals surface area contributed by atoms with E-state index in [4.69, 9.17) is 5.73 Å². The number of sulfonamides is 1. The second kappa shape index (κ2) is 6.05. The molecule has 3 rings (SSSR count). The lowest BCUT2D eigenvalue weighted by Crippen LogP contribution is -2.37. The molecule has 2 N–H and O–H groups in total. The minimum atomic E-state index is -3.46. The van der Waals surface area contributed by atoms with E-state index < -0.39 is 15.9 Å². The third-order valence-electron chi connectivity index (χ3n) is 3.72. The van der Waals surface area contributed by atoms with E-state index in [1.165, 1.54) is 4.31 Å². The first kappa shape index (κ1) is 15.6. The Kier molecular flexibility index (Phi) is 4.10. The van der Waals surface area contributed by atoms with Gasteiger partial charge in [-0.2, -0.15) is 4.31 Å². The van der Waals surface area contributed by atoms with Crippen LogP contribution in [-0.2, 0) is 28.7 Å². The smallest absolute Gasteiger partial charge is 0.286 e. The Morgan fingerprint density at radius 2 is 2.00 bits per heavy atom. The van der Waals surface area contributed by atoms with Crippen LogP contribution >= 0.6 is 0 Å². The number of amides is 1. The molecular weight excluding hydrogens is 316 g/mol. The van der Waals surface area contributed by atoms with Crippen molar-refractivity contribution < 1.29 is 13.2 Å². The standard InChI is InChI=1S/C15H16N4O3S/c16-14(20)15-17-8-12-6-7-19(9-13(12)18-15)23(21,22)10-11-4-2-1-3-5-11/h1-5,8H,6-7,9-10H2,(H2,16,20). The van der Waals surface area contributed by atoms with Crippen LogP contribution in [0.15, 0.2) is 36.5 Å². The highest BCUT2D eigenvalue weighted by molar-refractivity contribution is 7.88. The van der Waals surface area contributed by atoms with Gasteiger partial charge in [-0.05, 0) is 17.5 Å². The molecule has 0 saturated carbocycles. The topological polar surface area (TPSA) is 106 Å². The van der Waals surface area contributed by atoms with Crippen molar-refractivity contribution >= 4 is 15.9 Å². The molecule has 23 heavy (non-hydrogen) atoms. The SMILES string of the molecule is NC(=O)c1ncc2c(n1)CN(S(=O)(=O)Cc1ccccc1)CC2. The molecule has 1 amide bonds. The molecule has 0 fully saturated rings. The lowest BCUT2D eigenvalue weighted by molar-refractivity contribution is 0.0990. The van der Waals surface area contributed by atoms with Crippen molar-refractivity contribution in [1.82, 2.24) is 14.3 Å².